The van der Waals surface area contributed by atoms with Gasteiger partial charge in [0, 0.05) is 31.7 Å². The van der Waals surface area contributed by atoms with Gasteiger partial charge in [-0.05, 0) is 19.9 Å². The summed E-state index contributed by atoms with van der Waals surface area (Å²) in [6, 6.07) is 1.75. The molecular formula is C14H16N4O3. The van der Waals surface area contributed by atoms with Gasteiger partial charge in [-0.1, -0.05) is 5.16 Å². The first-order chi connectivity index (χ1) is 10.1. The van der Waals surface area contributed by atoms with Crippen molar-refractivity contribution < 1.29 is 14.1 Å². The number of aromatic nitrogens is 2. The minimum atomic E-state index is -0.117. The van der Waals surface area contributed by atoms with Gasteiger partial charge < -0.3 is 14.7 Å². The highest BCUT2D eigenvalue weighted by molar-refractivity contribution is 6.06. The zero-order valence-corrected chi connectivity index (χ0v) is 12.0. The maximum Gasteiger partial charge on any atom is 0.258 e. The molecule has 1 saturated heterocycles. The van der Waals surface area contributed by atoms with E-state index in [0.29, 0.717) is 54.1 Å². The summed E-state index contributed by atoms with van der Waals surface area (Å²) in [5.74, 6) is -0.143. The molecule has 7 heteroatoms. The second-order valence-corrected chi connectivity index (χ2v) is 5.15. The summed E-state index contributed by atoms with van der Waals surface area (Å²) in [4.78, 5) is 30.1. The molecule has 2 aromatic rings. The van der Waals surface area contributed by atoms with Crippen molar-refractivity contribution >= 4 is 22.9 Å². The summed E-state index contributed by atoms with van der Waals surface area (Å²) in [7, 11) is 0. The van der Waals surface area contributed by atoms with Crippen LogP contribution < -0.4 is 5.32 Å². The Morgan fingerprint density at radius 3 is 3.00 bits per heavy atom. The van der Waals surface area contributed by atoms with Gasteiger partial charge in [0.15, 0.2) is 0 Å². The van der Waals surface area contributed by atoms with Crippen LogP contribution in [0.1, 0.15) is 28.2 Å². The summed E-state index contributed by atoms with van der Waals surface area (Å²) < 4.78 is 5.15. The van der Waals surface area contributed by atoms with Gasteiger partial charge in [0.1, 0.15) is 0 Å². The lowest BCUT2D eigenvalue weighted by molar-refractivity contribution is -0.120. The first kappa shape index (κ1) is 13.5. The molecule has 7 nitrogen and oxygen atoms in total. The lowest BCUT2D eigenvalue weighted by atomic mass is 10.1. The predicted molar refractivity (Wildman–Crippen MR) is 74.8 cm³/mol. The molecule has 1 fully saturated rings. The average molecular weight is 288 g/mol. The topological polar surface area (TPSA) is 88.3 Å². The van der Waals surface area contributed by atoms with Crippen molar-refractivity contribution in [2.45, 2.75) is 20.3 Å². The molecule has 2 aromatic heterocycles. The fourth-order valence-electron chi connectivity index (χ4n) is 2.53. The normalized spacial score (nSPS) is 15.9. The second kappa shape index (κ2) is 5.16. The van der Waals surface area contributed by atoms with Gasteiger partial charge in [0.25, 0.3) is 11.6 Å². The van der Waals surface area contributed by atoms with Crippen LogP contribution in [0.25, 0.3) is 11.1 Å². The van der Waals surface area contributed by atoms with E-state index in [1.54, 1.807) is 17.9 Å². The van der Waals surface area contributed by atoms with Gasteiger partial charge >= 0.3 is 0 Å². The molecule has 2 amide bonds. The second-order valence-electron chi connectivity index (χ2n) is 5.15. The SMILES string of the molecule is Cc1cc(C(=O)N2CCNC(=O)CC2)c2c(C)noc2n1. The minimum absolute atomic E-state index is 0.0254. The number of nitrogens with one attached hydrogen (secondary N) is 1. The van der Waals surface area contributed by atoms with Gasteiger partial charge in [-0.15, -0.1) is 0 Å². The Kier molecular flexibility index (Phi) is 3.32. The van der Waals surface area contributed by atoms with Crippen LogP contribution in [0.3, 0.4) is 0 Å². The van der Waals surface area contributed by atoms with Crippen LogP contribution in [0.15, 0.2) is 10.6 Å². The Labute approximate surface area is 121 Å². The van der Waals surface area contributed by atoms with Gasteiger partial charge in [-0.3, -0.25) is 9.59 Å². The Hall–Kier alpha value is -2.44. The first-order valence-electron chi connectivity index (χ1n) is 6.86. The van der Waals surface area contributed by atoms with Crippen molar-refractivity contribution in [1.82, 2.24) is 20.4 Å². The third-order valence-corrected chi connectivity index (χ3v) is 3.58. The molecule has 0 spiro atoms. The molecule has 110 valence electrons. The quantitative estimate of drug-likeness (QED) is 0.838. The molecule has 0 atom stereocenters. The number of amides is 2. The molecule has 1 aliphatic heterocycles. The van der Waals surface area contributed by atoms with E-state index >= 15 is 0 Å². The monoisotopic (exact) mass is 288 g/mol. The molecular weight excluding hydrogens is 272 g/mol. The summed E-state index contributed by atoms with van der Waals surface area (Å²) >= 11 is 0. The lowest BCUT2D eigenvalue weighted by Crippen LogP contribution is -2.34. The zero-order chi connectivity index (χ0) is 15.0. The molecule has 1 N–H and O–H groups in total. The van der Waals surface area contributed by atoms with E-state index in [4.69, 9.17) is 4.52 Å². The van der Waals surface area contributed by atoms with E-state index in [1.807, 2.05) is 6.92 Å². The smallest absolute Gasteiger partial charge is 0.258 e. The lowest BCUT2D eigenvalue weighted by Gasteiger charge is -2.20. The van der Waals surface area contributed by atoms with Crippen LogP contribution in [0, 0.1) is 13.8 Å². The maximum atomic E-state index is 12.8. The molecule has 0 unspecified atom stereocenters. The van der Waals surface area contributed by atoms with E-state index in [0.717, 1.165) is 0 Å². The standard InChI is InChI=1S/C14H16N4O3/c1-8-7-10(12-9(2)17-21-13(12)16-8)14(20)18-5-3-11(19)15-4-6-18/h7H,3-6H2,1-2H3,(H,15,19). The molecule has 0 radical (unpaired) electrons. The van der Waals surface area contributed by atoms with Crippen LogP contribution in [0.5, 0.6) is 0 Å². The molecule has 0 aliphatic carbocycles. The van der Waals surface area contributed by atoms with E-state index in [-0.39, 0.29) is 11.8 Å². The zero-order valence-electron chi connectivity index (χ0n) is 12.0. The molecule has 0 saturated carbocycles. The van der Waals surface area contributed by atoms with E-state index in [9.17, 15) is 9.59 Å². The van der Waals surface area contributed by atoms with Crippen LogP contribution in [-0.4, -0.2) is 46.5 Å². The number of hydrogen-bond donors (Lipinski definition) is 1. The highest BCUT2D eigenvalue weighted by Gasteiger charge is 2.24. The molecule has 21 heavy (non-hydrogen) atoms. The van der Waals surface area contributed by atoms with Crippen molar-refractivity contribution in [3.05, 3.63) is 23.0 Å². The van der Waals surface area contributed by atoms with Crippen molar-refractivity contribution in [2.24, 2.45) is 0 Å². The molecule has 3 rings (SSSR count). The molecule has 1 aliphatic rings. The highest BCUT2D eigenvalue weighted by Crippen LogP contribution is 2.23. The summed E-state index contributed by atoms with van der Waals surface area (Å²) in [6.07, 6.45) is 0.321. The van der Waals surface area contributed by atoms with Gasteiger partial charge in [0.05, 0.1) is 16.6 Å². The van der Waals surface area contributed by atoms with Gasteiger partial charge in [-0.2, -0.15) is 0 Å². The fraction of sp³-hybridized carbons (Fsp3) is 0.429. The Morgan fingerprint density at radius 1 is 1.38 bits per heavy atom. The number of aryl methyl sites for hydroxylation is 2. The number of carbonyl (C=O) groups is 2. The third-order valence-electron chi connectivity index (χ3n) is 3.58. The van der Waals surface area contributed by atoms with E-state index < -0.39 is 0 Å². The van der Waals surface area contributed by atoms with Crippen molar-refractivity contribution in [3.8, 4) is 0 Å². The summed E-state index contributed by atoms with van der Waals surface area (Å²) in [5.41, 5.74) is 2.25. The third kappa shape index (κ3) is 2.46. The predicted octanol–water partition coefficient (Wildman–Crippen LogP) is 0.802. The Morgan fingerprint density at radius 2 is 2.19 bits per heavy atom. The van der Waals surface area contributed by atoms with Crippen molar-refractivity contribution in [1.29, 1.82) is 0 Å². The van der Waals surface area contributed by atoms with Gasteiger partial charge in [-0.25, -0.2) is 4.98 Å². The largest absolute Gasteiger partial charge is 0.354 e. The van der Waals surface area contributed by atoms with Crippen LogP contribution in [0.4, 0.5) is 0 Å². The Bertz CT molecular complexity index is 722. The van der Waals surface area contributed by atoms with E-state index in [2.05, 4.69) is 15.5 Å². The van der Waals surface area contributed by atoms with E-state index in [1.165, 1.54) is 0 Å². The summed E-state index contributed by atoms with van der Waals surface area (Å²) in [5, 5.41) is 7.29. The number of rotatable bonds is 1. The summed E-state index contributed by atoms with van der Waals surface area (Å²) in [6.45, 7) is 4.98. The first-order valence-corrected chi connectivity index (χ1v) is 6.86. The maximum absolute atomic E-state index is 12.8. The number of carbonyl (C=O) groups excluding carboxylic acids is 2. The average Bonchev–Trinajstić information content (AvgIpc) is 2.68. The highest BCUT2D eigenvalue weighted by atomic mass is 16.5. The van der Waals surface area contributed by atoms with Gasteiger partial charge in [0.2, 0.25) is 5.91 Å². The molecule has 0 bridgehead atoms. The van der Waals surface area contributed by atoms with Crippen LogP contribution in [-0.2, 0) is 4.79 Å². The van der Waals surface area contributed by atoms with Crippen molar-refractivity contribution in [3.63, 3.8) is 0 Å². The Balaban J connectivity index is 2.01. The van der Waals surface area contributed by atoms with Crippen molar-refractivity contribution in [2.75, 3.05) is 19.6 Å². The van der Waals surface area contributed by atoms with Crippen LogP contribution in [0.2, 0.25) is 0 Å². The fourth-order valence-corrected chi connectivity index (χ4v) is 2.53. The number of pyridine rings is 1. The number of hydrogen-bond acceptors (Lipinski definition) is 5. The number of fused-ring (bicyclic) bond motifs is 1. The molecule has 0 aromatic carbocycles. The molecule has 3 heterocycles. The minimum Gasteiger partial charge on any atom is -0.354 e. The number of nitrogens with zero attached hydrogens (tertiary/aromatic N) is 3. The van der Waals surface area contributed by atoms with Crippen LogP contribution >= 0.6 is 0 Å².